The Kier molecular flexibility index (Phi) is 4.69. The molecule has 2 heterocycles. The van der Waals surface area contributed by atoms with E-state index in [-0.39, 0.29) is 11.6 Å². The highest BCUT2D eigenvalue weighted by Gasteiger charge is 2.42. The van der Waals surface area contributed by atoms with Gasteiger partial charge in [0.05, 0.1) is 12.2 Å². The first-order valence-corrected chi connectivity index (χ1v) is 7.90. The third-order valence-electron chi connectivity index (χ3n) is 4.46. The molecule has 2 saturated heterocycles. The molecule has 3 rings (SSSR count). The van der Waals surface area contributed by atoms with Gasteiger partial charge in [0, 0.05) is 30.7 Å². The van der Waals surface area contributed by atoms with Crippen molar-refractivity contribution in [3.63, 3.8) is 0 Å². The van der Waals surface area contributed by atoms with E-state index in [2.05, 4.69) is 0 Å². The first-order chi connectivity index (χ1) is 10.2. The maximum Gasteiger partial charge on any atom is 0.119 e. The van der Waals surface area contributed by atoms with Crippen LogP contribution in [0.2, 0.25) is 5.02 Å². The molecule has 0 radical (unpaired) electrons. The molecule has 4 nitrogen and oxygen atoms in total. The fourth-order valence-corrected chi connectivity index (χ4v) is 3.28. The van der Waals surface area contributed by atoms with Gasteiger partial charge in [-0.05, 0) is 43.0 Å². The molecule has 1 aromatic rings. The molecule has 3 unspecified atom stereocenters. The standard InChI is InChI=1S/C16H22ClNO3/c17-13-1-3-14(4-2-13)20-10-15(18)12-5-7-21-16(9-12)6-8-19-11-16/h1-4,12,15H,5-11,18H2. The van der Waals surface area contributed by atoms with Crippen LogP contribution < -0.4 is 10.5 Å². The average molecular weight is 312 g/mol. The fourth-order valence-electron chi connectivity index (χ4n) is 3.15. The highest BCUT2D eigenvalue weighted by Crippen LogP contribution is 2.36. The quantitative estimate of drug-likeness (QED) is 0.928. The Morgan fingerprint density at radius 1 is 1.33 bits per heavy atom. The molecule has 3 atom stereocenters. The predicted molar refractivity (Wildman–Crippen MR) is 81.8 cm³/mol. The van der Waals surface area contributed by atoms with Crippen LogP contribution in [0.1, 0.15) is 19.3 Å². The van der Waals surface area contributed by atoms with E-state index in [1.165, 1.54) is 0 Å². The molecule has 0 saturated carbocycles. The normalized spacial score (nSPS) is 30.5. The van der Waals surface area contributed by atoms with Crippen molar-refractivity contribution >= 4 is 11.6 Å². The number of benzene rings is 1. The molecular weight excluding hydrogens is 290 g/mol. The fraction of sp³-hybridized carbons (Fsp3) is 0.625. The predicted octanol–water partition coefficient (Wildman–Crippen LogP) is 2.63. The molecule has 2 aliphatic heterocycles. The van der Waals surface area contributed by atoms with Crippen molar-refractivity contribution < 1.29 is 14.2 Å². The third kappa shape index (κ3) is 3.69. The third-order valence-corrected chi connectivity index (χ3v) is 4.71. The lowest BCUT2D eigenvalue weighted by atomic mass is 9.81. The molecule has 2 N–H and O–H groups in total. The van der Waals surface area contributed by atoms with Crippen LogP contribution in [-0.4, -0.2) is 38.1 Å². The Bertz CT molecular complexity index is 459. The van der Waals surface area contributed by atoms with Crippen LogP contribution in [0.15, 0.2) is 24.3 Å². The van der Waals surface area contributed by atoms with Gasteiger partial charge in [-0.3, -0.25) is 0 Å². The Labute approximate surface area is 130 Å². The van der Waals surface area contributed by atoms with Crippen molar-refractivity contribution in [2.75, 3.05) is 26.4 Å². The number of rotatable bonds is 4. The summed E-state index contributed by atoms with van der Waals surface area (Å²) in [6.45, 7) is 2.78. The number of hydrogen-bond acceptors (Lipinski definition) is 4. The van der Waals surface area contributed by atoms with Crippen LogP contribution in [0, 0.1) is 5.92 Å². The maximum absolute atomic E-state index is 6.33. The van der Waals surface area contributed by atoms with E-state index < -0.39 is 0 Å². The van der Waals surface area contributed by atoms with Gasteiger partial charge in [-0.25, -0.2) is 0 Å². The van der Waals surface area contributed by atoms with Crippen molar-refractivity contribution in [2.45, 2.75) is 30.9 Å². The molecule has 2 fully saturated rings. The molecular formula is C16H22ClNO3. The summed E-state index contributed by atoms with van der Waals surface area (Å²) in [7, 11) is 0. The van der Waals surface area contributed by atoms with E-state index in [1.54, 1.807) is 0 Å². The number of hydrogen-bond donors (Lipinski definition) is 1. The van der Waals surface area contributed by atoms with E-state index in [0.717, 1.165) is 38.2 Å². The van der Waals surface area contributed by atoms with Gasteiger partial charge in [-0.15, -0.1) is 0 Å². The minimum absolute atomic E-state index is 0.0158. The van der Waals surface area contributed by atoms with Crippen LogP contribution >= 0.6 is 11.6 Å². The first kappa shape index (κ1) is 15.1. The summed E-state index contributed by atoms with van der Waals surface area (Å²) in [4.78, 5) is 0. The smallest absolute Gasteiger partial charge is 0.119 e. The molecule has 0 bridgehead atoms. The minimum Gasteiger partial charge on any atom is -0.492 e. The second-order valence-electron chi connectivity index (χ2n) is 6.02. The van der Waals surface area contributed by atoms with Crippen molar-refractivity contribution in [3.8, 4) is 5.75 Å². The highest BCUT2D eigenvalue weighted by atomic mass is 35.5. The summed E-state index contributed by atoms with van der Waals surface area (Å²) < 4.78 is 17.2. The van der Waals surface area contributed by atoms with Gasteiger partial charge in [0.25, 0.3) is 0 Å². The van der Waals surface area contributed by atoms with Gasteiger partial charge in [0.1, 0.15) is 12.4 Å². The molecule has 116 valence electrons. The maximum atomic E-state index is 6.33. The summed E-state index contributed by atoms with van der Waals surface area (Å²) in [5.41, 5.74) is 6.23. The van der Waals surface area contributed by atoms with Crippen LogP contribution in [0.3, 0.4) is 0 Å². The Morgan fingerprint density at radius 2 is 2.14 bits per heavy atom. The lowest BCUT2D eigenvalue weighted by Crippen LogP contribution is -2.47. The van der Waals surface area contributed by atoms with Gasteiger partial charge < -0.3 is 19.9 Å². The van der Waals surface area contributed by atoms with Crippen LogP contribution in [0.5, 0.6) is 5.75 Å². The summed E-state index contributed by atoms with van der Waals surface area (Å²) in [5, 5.41) is 0.708. The van der Waals surface area contributed by atoms with Gasteiger partial charge in [0.15, 0.2) is 0 Å². The molecule has 0 aromatic heterocycles. The van der Waals surface area contributed by atoms with Crippen molar-refractivity contribution in [2.24, 2.45) is 11.7 Å². The van der Waals surface area contributed by atoms with Gasteiger partial charge in [0.2, 0.25) is 0 Å². The van der Waals surface area contributed by atoms with E-state index in [1.807, 2.05) is 24.3 Å². The Hall–Kier alpha value is -0.810. The van der Waals surface area contributed by atoms with Gasteiger partial charge in [-0.1, -0.05) is 11.6 Å². The second kappa shape index (κ2) is 6.53. The van der Waals surface area contributed by atoms with Crippen LogP contribution in [0.4, 0.5) is 0 Å². The average Bonchev–Trinajstić information content (AvgIpc) is 2.94. The van der Waals surface area contributed by atoms with Crippen LogP contribution in [0.25, 0.3) is 0 Å². The van der Waals surface area contributed by atoms with Crippen molar-refractivity contribution in [1.29, 1.82) is 0 Å². The highest BCUT2D eigenvalue weighted by molar-refractivity contribution is 6.30. The second-order valence-corrected chi connectivity index (χ2v) is 6.45. The number of nitrogens with two attached hydrogens (primary N) is 1. The molecule has 1 aromatic carbocycles. The SMILES string of the molecule is NC(COc1ccc(Cl)cc1)C1CCOC2(CCOC2)C1. The van der Waals surface area contributed by atoms with E-state index in [4.69, 9.17) is 31.5 Å². The molecule has 2 aliphatic rings. The summed E-state index contributed by atoms with van der Waals surface area (Å²) in [6.07, 6.45) is 2.94. The van der Waals surface area contributed by atoms with E-state index in [0.29, 0.717) is 24.2 Å². The van der Waals surface area contributed by atoms with Gasteiger partial charge in [-0.2, -0.15) is 0 Å². The Balaban J connectivity index is 1.52. The first-order valence-electron chi connectivity index (χ1n) is 7.53. The monoisotopic (exact) mass is 311 g/mol. The minimum atomic E-state index is -0.0964. The van der Waals surface area contributed by atoms with Crippen molar-refractivity contribution in [1.82, 2.24) is 0 Å². The lowest BCUT2D eigenvalue weighted by Gasteiger charge is -2.39. The Morgan fingerprint density at radius 3 is 2.86 bits per heavy atom. The zero-order chi connectivity index (χ0) is 14.7. The molecule has 0 amide bonds. The zero-order valence-electron chi connectivity index (χ0n) is 12.1. The van der Waals surface area contributed by atoms with Crippen molar-refractivity contribution in [3.05, 3.63) is 29.3 Å². The molecule has 0 aliphatic carbocycles. The lowest BCUT2D eigenvalue weighted by molar-refractivity contribution is -0.102. The largest absolute Gasteiger partial charge is 0.492 e. The number of ether oxygens (including phenoxy) is 3. The zero-order valence-corrected chi connectivity index (χ0v) is 12.8. The summed E-state index contributed by atoms with van der Waals surface area (Å²) >= 11 is 5.86. The molecule has 5 heteroatoms. The topological polar surface area (TPSA) is 53.7 Å². The van der Waals surface area contributed by atoms with Gasteiger partial charge >= 0.3 is 0 Å². The summed E-state index contributed by atoms with van der Waals surface area (Å²) in [5.74, 6) is 1.23. The molecule has 21 heavy (non-hydrogen) atoms. The summed E-state index contributed by atoms with van der Waals surface area (Å²) in [6, 6.07) is 7.39. The van der Waals surface area contributed by atoms with E-state index in [9.17, 15) is 0 Å². The van der Waals surface area contributed by atoms with Crippen LogP contribution in [-0.2, 0) is 9.47 Å². The molecule has 1 spiro atoms. The number of halogens is 1. The van der Waals surface area contributed by atoms with E-state index >= 15 is 0 Å².